The molecule has 2 aromatic heterocycles. The molecule has 2 aromatic rings. The first-order chi connectivity index (χ1) is 13.1. The number of carbonyl (C=O) groups is 1. The molecule has 0 unspecified atom stereocenters. The average Bonchev–Trinajstić information content (AvgIpc) is 2.94. The Morgan fingerprint density at radius 3 is 2.79 bits per heavy atom. The number of nitrogens with zero attached hydrogens (tertiary/aromatic N) is 3. The molecule has 3 heterocycles. The van der Waals surface area contributed by atoms with Crippen molar-refractivity contribution in [2.75, 3.05) is 6.54 Å². The van der Waals surface area contributed by atoms with Crippen molar-refractivity contribution in [1.82, 2.24) is 19.6 Å². The lowest BCUT2D eigenvalue weighted by Crippen LogP contribution is -2.58. The van der Waals surface area contributed by atoms with Crippen LogP contribution in [0.25, 0.3) is 4.96 Å². The minimum Gasteiger partial charge on any atom is -0.444 e. The Bertz CT molecular complexity index is 914. The third-order valence-electron chi connectivity index (χ3n) is 5.23. The molecule has 0 aromatic carbocycles. The summed E-state index contributed by atoms with van der Waals surface area (Å²) in [7, 11) is 0. The van der Waals surface area contributed by atoms with Crippen LogP contribution in [-0.4, -0.2) is 44.6 Å². The molecule has 0 radical (unpaired) electrons. The number of aryl methyl sites for hydroxylation is 1. The molecule has 0 bridgehead atoms. The van der Waals surface area contributed by atoms with Gasteiger partial charge in [0.15, 0.2) is 4.96 Å². The lowest BCUT2D eigenvalue weighted by Gasteiger charge is -2.43. The Morgan fingerprint density at radius 2 is 2.11 bits per heavy atom. The largest absolute Gasteiger partial charge is 0.444 e. The molecule has 28 heavy (non-hydrogen) atoms. The monoisotopic (exact) mass is 406 g/mol. The van der Waals surface area contributed by atoms with Crippen LogP contribution in [0, 0.1) is 12.8 Å². The molecule has 1 amide bonds. The Balaban J connectivity index is 1.72. The van der Waals surface area contributed by atoms with Gasteiger partial charge < -0.3 is 15.0 Å². The zero-order chi connectivity index (χ0) is 20.6. The van der Waals surface area contributed by atoms with Crippen LogP contribution in [0.5, 0.6) is 0 Å². The van der Waals surface area contributed by atoms with Gasteiger partial charge in [-0.25, -0.2) is 9.78 Å². The standard InChI is InChI=1S/C20H30N4O3S/c1-12-7-8-23(19(26)27-20(4,5)6)14(3)17(12)21-10-15-9-16(25)24-13(2)11-28-18(24)22-15/h9,11-12,14,17,21H,7-8,10H2,1-6H3/t12-,14+,17+/m0/s1. The smallest absolute Gasteiger partial charge is 0.410 e. The van der Waals surface area contributed by atoms with Crippen molar-refractivity contribution in [2.45, 2.75) is 72.2 Å². The van der Waals surface area contributed by atoms with Crippen molar-refractivity contribution >= 4 is 22.4 Å². The highest BCUT2D eigenvalue weighted by molar-refractivity contribution is 7.15. The fourth-order valence-electron chi connectivity index (χ4n) is 3.76. The highest BCUT2D eigenvalue weighted by atomic mass is 32.1. The summed E-state index contributed by atoms with van der Waals surface area (Å²) >= 11 is 1.47. The van der Waals surface area contributed by atoms with Crippen LogP contribution in [0.1, 0.15) is 52.4 Å². The number of hydrogen-bond acceptors (Lipinski definition) is 6. The van der Waals surface area contributed by atoms with Gasteiger partial charge in [-0.1, -0.05) is 6.92 Å². The molecule has 1 N–H and O–H groups in total. The quantitative estimate of drug-likeness (QED) is 0.847. The Kier molecular flexibility index (Phi) is 5.82. The van der Waals surface area contributed by atoms with Crippen LogP contribution in [0.2, 0.25) is 0 Å². The minimum absolute atomic E-state index is 0.00703. The van der Waals surface area contributed by atoms with Gasteiger partial charge in [0.2, 0.25) is 0 Å². The summed E-state index contributed by atoms with van der Waals surface area (Å²) in [5.41, 5.74) is 1.06. The molecule has 3 rings (SSSR count). The Morgan fingerprint density at radius 1 is 1.39 bits per heavy atom. The van der Waals surface area contributed by atoms with E-state index in [1.165, 1.54) is 11.3 Å². The van der Waals surface area contributed by atoms with Crippen LogP contribution in [0.15, 0.2) is 16.2 Å². The van der Waals surface area contributed by atoms with E-state index in [2.05, 4.69) is 17.2 Å². The van der Waals surface area contributed by atoms with E-state index in [9.17, 15) is 9.59 Å². The summed E-state index contributed by atoms with van der Waals surface area (Å²) < 4.78 is 7.19. The van der Waals surface area contributed by atoms with E-state index in [-0.39, 0.29) is 23.7 Å². The van der Waals surface area contributed by atoms with Crippen LogP contribution in [0.4, 0.5) is 4.79 Å². The number of fused-ring (bicyclic) bond motifs is 1. The zero-order valence-electron chi connectivity index (χ0n) is 17.5. The molecule has 154 valence electrons. The Labute approximate surface area is 169 Å². The normalized spacial score (nSPS) is 23.2. The third-order valence-corrected chi connectivity index (χ3v) is 6.17. The number of carbonyl (C=O) groups excluding carboxylic acids is 1. The lowest BCUT2D eigenvalue weighted by molar-refractivity contribution is 0.000654. The number of aromatic nitrogens is 2. The van der Waals surface area contributed by atoms with Gasteiger partial charge in [-0.3, -0.25) is 9.20 Å². The van der Waals surface area contributed by atoms with E-state index in [1.54, 1.807) is 15.4 Å². The fraction of sp³-hybridized carbons (Fsp3) is 0.650. The van der Waals surface area contributed by atoms with Crippen molar-refractivity contribution in [2.24, 2.45) is 5.92 Å². The highest BCUT2D eigenvalue weighted by Crippen LogP contribution is 2.25. The predicted octanol–water partition coefficient (Wildman–Crippen LogP) is 3.19. The molecule has 0 spiro atoms. The molecule has 1 saturated heterocycles. The highest BCUT2D eigenvalue weighted by Gasteiger charge is 2.37. The van der Waals surface area contributed by atoms with Gasteiger partial charge in [-0.15, -0.1) is 11.3 Å². The zero-order valence-corrected chi connectivity index (χ0v) is 18.3. The lowest BCUT2D eigenvalue weighted by atomic mass is 9.87. The maximum atomic E-state index is 12.6. The first kappa shape index (κ1) is 20.8. The summed E-state index contributed by atoms with van der Waals surface area (Å²) in [5, 5.41) is 5.46. The van der Waals surface area contributed by atoms with E-state index in [1.807, 2.05) is 40.0 Å². The summed E-state index contributed by atoms with van der Waals surface area (Å²) in [4.78, 5) is 32.1. The number of amides is 1. The van der Waals surface area contributed by atoms with Gasteiger partial charge in [0.1, 0.15) is 5.60 Å². The molecule has 1 aliphatic rings. The van der Waals surface area contributed by atoms with Crippen LogP contribution < -0.4 is 10.9 Å². The van der Waals surface area contributed by atoms with Gasteiger partial charge in [0.05, 0.1) is 5.69 Å². The number of likely N-dealkylation sites (tertiary alicyclic amines) is 1. The maximum Gasteiger partial charge on any atom is 0.410 e. The van der Waals surface area contributed by atoms with Crippen LogP contribution in [-0.2, 0) is 11.3 Å². The van der Waals surface area contributed by atoms with Crippen molar-refractivity contribution in [3.05, 3.63) is 33.2 Å². The van der Waals surface area contributed by atoms with Crippen molar-refractivity contribution in [1.29, 1.82) is 0 Å². The maximum absolute atomic E-state index is 12.6. The van der Waals surface area contributed by atoms with E-state index in [0.29, 0.717) is 24.0 Å². The van der Waals surface area contributed by atoms with Crippen molar-refractivity contribution < 1.29 is 9.53 Å². The summed E-state index contributed by atoms with van der Waals surface area (Å²) in [6.07, 6.45) is 0.631. The van der Waals surface area contributed by atoms with Gasteiger partial charge in [-0.2, -0.15) is 0 Å². The number of piperidine rings is 1. The molecule has 7 nitrogen and oxygen atoms in total. The average molecular weight is 407 g/mol. The predicted molar refractivity (Wildman–Crippen MR) is 111 cm³/mol. The van der Waals surface area contributed by atoms with E-state index >= 15 is 0 Å². The second kappa shape index (κ2) is 7.83. The fourth-order valence-corrected chi connectivity index (χ4v) is 4.65. The third kappa shape index (κ3) is 4.38. The molecule has 0 saturated carbocycles. The number of hydrogen-bond donors (Lipinski definition) is 1. The van der Waals surface area contributed by atoms with Gasteiger partial charge in [0.25, 0.3) is 5.56 Å². The molecule has 0 aliphatic carbocycles. The van der Waals surface area contributed by atoms with Crippen molar-refractivity contribution in [3.63, 3.8) is 0 Å². The number of thiazole rings is 1. The second-order valence-corrected chi connectivity index (χ2v) is 9.50. The van der Waals surface area contributed by atoms with Gasteiger partial charge >= 0.3 is 6.09 Å². The van der Waals surface area contributed by atoms with E-state index < -0.39 is 5.60 Å². The number of ether oxygens (including phenoxy) is 1. The Hall–Kier alpha value is -1.93. The molecular formula is C20H30N4O3S. The molecule has 3 atom stereocenters. The topological polar surface area (TPSA) is 75.9 Å². The summed E-state index contributed by atoms with van der Waals surface area (Å²) in [6.45, 7) is 13.0. The summed E-state index contributed by atoms with van der Waals surface area (Å²) in [5.74, 6) is 0.405. The SMILES string of the molecule is Cc1csc2nc(CN[C@H]3[C@@H](C)N(C(=O)OC(C)(C)C)CC[C@@H]3C)cc(=O)n12. The van der Waals surface area contributed by atoms with Gasteiger partial charge in [-0.05, 0) is 47.0 Å². The van der Waals surface area contributed by atoms with Crippen LogP contribution >= 0.6 is 11.3 Å². The summed E-state index contributed by atoms with van der Waals surface area (Å²) in [6, 6.07) is 1.68. The second-order valence-electron chi connectivity index (χ2n) is 8.67. The number of rotatable bonds is 3. The molecule has 1 aliphatic heterocycles. The minimum atomic E-state index is -0.511. The first-order valence-electron chi connectivity index (χ1n) is 9.76. The number of nitrogens with one attached hydrogen (secondary N) is 1. The molecular weight excluding hydrogens is 376 g/mol. The molecule has 8 heteroatoms. The molecule has 1 fully saturated rings. The van der Waals surface area contributed by atoms with Gasteiger partial charge in [0, 0.05) is 42.3 Å². The van der Waals surface area contributed by atoms with Crippen LogP contribution in [0.3, 0.4) is 0 Å². The first-order valence-corrected chi connectivity index (χ1v) is 10.6. The van der Waals surface area contributed by atoms with E-state index in [4.69, 9.17) is 4.74 Å². The van der Waals surface area contributed by atoms with E-state index in [0.717, 1.165) is 17.8 Å². The van der Waals surface area contributed by atoms with Crippen molar-refractivity contribution in [3.8, 4) is 0 Å².